The summed E-state index contributed by atoms with van der Waals surface area (Å²) in [5, 5.41) is 15.5. The fourth-order valence-corrected chi connectivity index (χ4v) is 2.50. The fraction of sp³-hybridized carbons (Fsp3) is 0.300. The normalized spacial score (nSPS) is 10.5. The minimum Gasteiger partial charge on any atom is -0.496 e. The number of aryl methyl sites for hydroxylation is 1. The van der Waals surface area contributed by atoms with E-state index in [1.807, 2.05) is 25.1 Å². The average molecular weight is 464 g/mol. The van der Waals surface area contributed by atoms with Gasteiger partial charge >= 0.3 is 0 Å². The monoisotopic (exact) mass is 464 g/mol. The van der Waals surface area contributed by atoms with Crippen molar-refractivity contribution in [2.45, 2.75) is 19.9 Å². The maximum atomic E-state index is 8.95. The number of nitrogens with one attached hydrogen (secondary N) is 2. The lowest BCUT2D eigenvalue weighted by molar-refractivity contribution is 0.411. The van der Waals surface area contributed by atoms with Crippen molar-refractivity contribution in [2.24, 2.45) is 4.99 Å². The van der Waals surface area contributed by atoms with Crippen LogP contribution >= 0.6 is 24.0 Å². The molecule has 0 aromatic heterocycles. The Morgan fingerprint density at radius 3 is 2.65 bits per heavy atom. The third kappa shape index (κ3) is 6.56. The van der Waals surface area contributed by atoms with Crippen LogP contribution in [-0.2, 0) is 13.0 Å². The highest BCUT2D eigenvalue weighted by molar-refractivity contribution is 14.0. The van der Waals surface area contributed by atoms with Crippen LogP contribution in [0.5, 0.6) is 5.75 Å². The molecule has 2 aromatic rings. The zero-order valence-corrected chi connectivity index (χ0v) is 17.7. The first-order chi connectivity index (χ1) is 12.2. The van der Waals surface area contributed by atoms with Crippen molar-refractivity contribution in [1.82, 2.24) is 10.6 Å². The highest BCUT2D eigenvalue weighted by Crippen LogP contribution is 2.18. The molecule has 0 spiro atoms. The molecule has 2 rings (SSSR count). The molecule has 0 fully saturated rings. The van der Waals surface area contributed by atoms with Gasteiger partial charge in [0.25, 0.3) is 0 Å². The average Bonchev–Trinajstić information content (AvgIpc) is 2.65. The smallest absolute Gasteiger partial charge is 0.191 e. The van der Waals surface area contributed by atoms with Crippen LogP contribution in [0.2, 0.25) is 0 Å². The Balaban J connectivity index is 0.00000338. The van der Waals surface area contributed by atoms with E-state index in [-0.39, 0.29) is 24.0 Å². The van der Waals surface area contributed by atoms with Gasteiger partial charge in [0.15, 0.2) is 5.96 Å². The van der Waals surface area contributed by atoms with Gasteiger partial charge in [0.2, 0.25) is 0 Å². The number of ether oxygens (including phenoxy) is 1. The lowest BCUT2D eigenvalue weighted by Crippen LogP contribution is -2.37. The quantitative estimate of drug-likeness (QED) is 0.391. The molecule has 2 aromatic carbocycles. The molecule has 5 nitrogen and oxygen atoms in total. The summed E-state index contributed by atoms with van der Waals surface area (Å²) in [5.41, 5.74) is 4.06. The van der Waals surface area contributed by atoms with E-state index in [0.717, 1.165) is 35.8 Å². The summed E-state index contributed by atoms with van der Waals surface area (Å²) in [6.07, 6.45) is 0.876. The molecule has 138 valence electrons. The number of halogens is 1. The van der Waals surface area contributed by atoms with E-state index in [0.29, 0.717) is 12.1 Å². The standard InChI is InChI=1S/C20H24N4O.HI/c1-15-7-8-16(12-19(15)25-3)9-10-23-20(22-2)24-14-18-6-4-5-17(11-18)13-21;/h4-8,11-12H,9-10,14H2,1-3H3,(H2,22,23,24);1H. The third-order valence-electron chi connectivity index (χ3n) is 3.92. The van der Waals surface area contributed by atoms with Crippen LogP contribution in [0.3, 0.4) is 0 Å². The van der Waals surface area contributed by atoms with Gasteiger partial charge in [-0.15, -0.1) is 24.0 Å². The van der Waals surface area contributed by atoms with E-state index in [1.165, 1.54) is 5.56 Å². The van der Waals surface area contributed by atoms with Gasteiger partial charge in [-0.1, -0.05) is 24.3 Å². The van der Waals surface area contributed by atoms with Crippen molar-refractivity contribution in [2.75, 3.05) is 20.7 Å². The summed E-state index contributed by atoms with van der Waals surface area (Å²) in [4.78, 5) is 4.23. The summed E-state index contributed by atoms with van der Waals surface area (Å²) >= 11 is 0. The molecule has 0 aliphatic rings. The first-order valence-corrected chi connectivity index (χ1v) is 8.23. The third-order valence-corrected chi connectivity index (χ3v) is 3.92. The van der Waals surface area contributed by atoms with E-state index in [9.17, 15) is 0 Å². The Hall–Kier alpha value is -2.27. The summed E-state index contributed by atoms with van der Waals surface area (Å²) < 4.78 is 5.36. The maximum Gasteiger partial charge on any atom is 0.191 e. The van der Waals surface area contributed by atoms with E-state index in [4.69, 9.17) is 10.00 Å². The number of nitrogens with zero attached hydrogens (tertiary/aromatic N) is 2. The molecule has 26 heavy (non-hydrogen) atoms. The zero-order chi connectivity index (χ0) is 18.1. The Labute approximate surface area is 172 Å². The van der Waals surface area contributed by atoms with Crippen LogP contribution in [0.15, 0.2) is 47.5 Å². The molecule has 0 unspecified atom stereocenters. The number of nitriles is 1. The lowest BCUT2D eigenvalue weighted by atomic mass is 10.1. The molecule has 0 radical (unpaired) electrons. The summed E-state index contributed by atoms with van der Waals surface area (Å²) in [6, 6.07) is 16.0. The van der Waals surface area contributed by atoms with Gasteiger partial charge in [-0.2, -0.15) is 5.26 Å². The molecule has 0 saturated carbocycles. The van der Waals surface area contributed by atoms with Crippen LogP contribution in [0.1, 0.15) is 22.3 Å². The number of methoxy groups -OCH3 is 1. The van der Waals surface area contributed by atoms with E-state index in [1.54, 1.807) is 20.2 Å². The van der Waals surface area contributed by atoms with Gasteiger partial charge in [0, 0.05) is 20.1 Å². The highest BCUT2D eigenvalue weighted by Gasteiger charge is 2.02. The Kier molecular flexibility index (Phi) is 9.52. The van der Waals surface area contributed by atoms with Gasteiger partial charge in [-0.3, -0.25) is 4.99 Å². The van der Waals surface area contributed by atoms with Crippen molar-refractivity contribution in [3.8, 4) is 11.8 Å². The van der Waals surface area contributed by atoms with Gasteiger partial charge in [-0.05, 0) is 48.2 Å². The number of benzene rings is 2. The number of guanidine groups is 1. The molecule has 6 heteroatoms. The predicted molar refractivity (Wildman–Crippen MR) is 116 cm³/mol. The van der Waals surface area contributed by atoms with Gasteiger partial charge in [0.05, 0.1) is 18.7 Å². The Morgan fingerprint density at radius 1 is 1.15 bits per heavy atom. The van der Waals surface area contributed by atoms with Crippen molar-refractivity contribution in [3.05, 3.63) is 64.7 Å². The number of rotatable bonds is 6. The highest BCUT2D eigenvalue weighted by atomic mass is 127. The molecule has 0 aliphatic heterocycles. The molecule has 0 amide bonds. The SMILES string of the molecule is CN=C(NCCc1ccc(C)c(OC)c1)NCc1cccc(C#N)c1.I. The fourth-order valence-electron chi connectivity index (χ4n) is 2.50. The first-order valence-electron chi connectivity index (χ1n) is 8.23. The molecule has 0 atom stereocenters. The van der Waals surface area contributed by atoms with Crippen LogP contribution in [0.25, 0.3) is 0 Å². The van der Waals surface area contributed by atoms with Crippen LogP contribution in [-0.4, -0.2) is 26.7 Å². The summed E-state index contributed by atoms with van der Waals surface area (Å²) in [6.45, 7) is 3.42. The minimum absolute atomic E-state index is 0. The molecule has 0 bridgehead atoms. The second-order valence-corrected chi connectivity index (χ2v) is 5.72. The molecule has 0 heterocycles. The Morgan fingerprint density at radius 2 is 1.96 bits per heavy atom. The summed E-state index contributed by atoms with van der Waals surface area (Å²) in [5.74, 6) is 1.65. The molecular weight excluding hydrogens is 439 g/mol. The second kappa shape index (κ2) is 11.4. The van der Waals surface area contributed by atoms with E-state index in [2.05, 4.69) is 39.9 Å². The molecular formula is C20H25IN4O. The van der Waals surface area contributed by atoms with Crippen molar-refractivity contribution >= 4 is 29.9 Å². The zero-order valence-electron chi connectivity index (χ0n) is 15.4. The molecule has 2 N–H and O–H groups in total. The van der Waals surface area contributed by atoms with E-state index < -0.39 is 0 Å². The molecule has 0 saturated heterocycles. The topological polar surface area (TPSA) is 69.4 Å². The maximum absolute atomic E-state index is 8.95. The predicted octanol–water partition coefficient (Wildman–Crippen LogP) is 3.40. The largest absolute Gasteiger partial charge is 0.496 e. The van der Waals surface area contributed by atoms with Crippen LogP contribution in [0.4, 0.5) is 0 Å². The number of hydrogen-bond donors (Lipinski definition) is 2. The van der Waals surface area contributed by atoms with Crippen LogP contribution in [0, 0.1) is 18.3 Å². The van der Waals surface area contributed by atoms with E-state index >= 15 is 0 Å². The Bertz CT molecular complexity index is 784. The number of hydrogen-bond acceptors (Lipinski definition) is 3. The second-order valence-electron chi connectivity index (χ2n) is 5.72. The van der Waals surface area contributed by atoms with Crippen molar-refractivity contribution in [3.63, 3.8) is 0 Å². The van der Waals surface area contributed by atoms with Crippen molar-refractivity contribution in [1.29, 1.82) is 5.26 Å². The number of aliphatic imine (C=N–C) groups is 1. The van der Waals surface area contributed by atoms with Crippen LogP contribution < -0.4 is 15.4 Å². The lowest BCUT2D eigenvalue weighted by Gasteiger charge is -2.13. The van der Waals surface area contributed by atoms with Gasteiger partial charge < -0.3 is 15.4 Å². The van der Waals surface area contributed by atoms with Gasteiger partial charge in [-0.25, -0.2) is 0 Å². The summed E-state index contributed by atoms with van der Waals surface area (Å²) in [7, 11) is 3.44. The minimum atomic E-state index is 0. The molecule has 0 aliphatic carbocycles. The van der Waals surface area contributed by atoms with Gasteiger partial charge in [0.1, 0.15) is 5.75 Å². The van der Waals surface area contributed by atoms with Crippen molar-refractivity contribution < 1.29 is 4.74 Å². The first kappa shape index (κ1) is 21.8.